The first-order chi connectivity index (χ1) is 9.63. The Morgan fingerprint density at radius 3 is 2.90 bits per heavy atom. The molecule has 20 heavy (non-hydrogen) atoms. The predicted molar refractivity (Wildman–Crippen MR) is 79.7 cm³/mol. The van der Waals surface area contributed by atoms with Crippen molar-refractivity contribution in [2.24, 2.45) is 22.2 Å². The Morgan fingerprint density at radius 2 is 2.25 bits per heavy atom. The van der Waals surface area contributed by atoms with Gasteiger partial charge in [-0.1, -0.05) is 18.7 Å². The van der Waals surface area contributed by atoms with E-state index in [4.69, 9.17) is 9.73 Å². The zero-order valence-electron chi connectivity index (χ0n) is 11.9. The van der Waals surface area contributed by atoms with E-state index < -0.39 is 0 Å². The second kappa shape index (κ2) is 4.73. The lowest BCUT2D eigenvalue weighted by atomic mass is 9.85. The largest absolute Gasteiger partial charge is 0.381 e. The van der Waals surface area contributed by atoms with Gasteiger partial charge in [0, 0.05) is 12.5 Å². The van der Waals surface area contributed by atoms with Crippen molar-refractivity contribution in [2.75, 3.05) is 13.2 Å². The molecule has 2 saturated carbocycles. The number of hydrogen-bond donors (Lipinski definition) is 1. The van der Waals surface area contributed by atoms with Gasteiger partial charge in [-0.05, 0) is 43.4 Å². The molecular weight excluding hydrogens is 272 g/mol. The number of aliphatic imine (C=N–C) groups is 1. The van der Waals surface area contributed by atoms with Crippen molar-refractivity contribution in [3.8, 4) is 0 Å². The van der Waals surface area contributed by atoms with Gasteiger partial charge in [0.2, 0.25) is 5.91 Å². The summed E-state index contributed by atoms with van der Waals surface area (Å²) in [4.78, 5) is 17.0. The van der Waals surface area contributed by atoms with Crippen LogP contribution in [0.15, 0.2) is 4.99 Å². The molecule has 2 heterocycles. The summed E-state index contributed by atoms with van der Waals surface area (Å²) in [5, 5.41) is 3.89. The van der Waals surface area contributed by atoms with Gasteiger partial charge in [0.05, 0.1) is 17.9 Å². The maximum absolute atomic E-state index is 12.1. The van der Waals surface area contributed by atoms with Gasteiger partial charge in [-0.3, -0.25) is 9.79 Å². The fourth-order valence-electron chi connectivity index (χ4n) is 4.40. The number of amidine groups is 1. The van der Waals surface area contributed by atoms with E-state index in [-0.39, 0.29) is 11.2 Å². The predicted octanol–water partition coefficient (Wildman–Crippen LogP) is 2.19. The van der Waals surface area contributed by atoms with Crippen LogP contribution in [-0.2, 0) is 9.53 Å². The van der Waals surface area contributed by atoms with Crippen LogP contribution in [0.25, 0.3) is 0 Å². The van der Waals surface area contributed by atoms with Crippen LogP contribution in [0.4, 0.5) is 0 Å². The van der Waals surface area contributed by atoms with Gasteiger partial charge in [-0.2, -0.15) is 0 Å². The molecular formula is C15H22N2O2S. The molecule has 5 atom stereocenters. The standard InChI is InChI=1S/C15H22N2O2S/c1-15-4-2-9(6-15)11(7-15)16-14-17-13(18)12(20-14)10-3-5-19-8-10/h9-12H,2-8H2,1H3,(H,16,17,18)/t9?,10-,11-,12?,15+/m0/s1. The van der Waals surface area contributed by atoms with E-state index >= 15 is 0 Å². The first-order valence-corrected chi connectivity index (χ1v) is 8.64. The average molecular weight is 294 g/mol. The molecule has 1 amide bonds. The van der Waals surface area contributed by atoms with Gasteiger partial charge in [0.25, 0.3) is 0 Å². The molecule has 4 aliphatic rings. The van der Waals surface area contributed by atoms with E-state index in [1.165, 1.54) is 25.7 Å². The fourth-order valence-corrected chi connectivity index (χ4v) is 5.57. The minimum absolute atomic E-state index is 0.0189. The lowest BCUT2D eigenvalue weighted by molar-refractivity contribution is -0.119. The molecule has 0 spiro atoms. The third-order valence-corrected chi connectivity index (χ3v) is 6.81. The molecule has 110 valence electrons. The molecule has 2 aliphatic heterocycles. The highest BCUT2D eigenvalue weighted by Crippen LogP contribution is 2.55. The summed E-state index contributed by atoms with van der Waals surface area (Å²) < 4.78 is 5.41. The minimum Gasteiger partial charge on any atom is -0.381 e. The van der Waals surface area contributed by atoms with Crippen LogP contribution < -0.4 is 5.32 Å². The van der Waals surface area contributed by atoms with Crippen molar-refractivity contribution in [3.05, 3.63) is 0 Å². The third-order valence-electron chi connectivity index (χ3n) is 5.52. The van der Waals surface area contributed by atoms with Gasteiger partial charge in [0.15, 0.2) is 5.17 Å². The Kier molecular flexibility index (Phi) is 3.11. The second-order valence-electron chi connectivity index (χ2n) is 7.17. The normalized spacial score (nSPS) is 49.2. The van der Waals surface area contributed by atoms with Crippen LogP contribution in [-0.4, -0.2) is 35.6 Å². The zero-order valence-corrected chi connectivity index (χ0v) is 12.7. The van der Waals surface area contributed by atoms with Crippen LogP contribution in [0.1, 0.15) is 39.0 Å². The van der Waals surface area contributed by atoms with E-state index in [2.05, 4.69) is 12.2 Å². The summed E-state index contributed by atoms with van der Waals surface area (Å²) in [6.45, 7) is 3.92. The summed E-state index contributed by atoms with van der Waals surface area (Å²) >= 11 is 1.64. The number of amides is 1. The van der Waals surface area contributed by atoms with E-state index in [9.17, 15) is 4.79 Å². The average Bonchev–Trinajstić information content (AvgIpc) is 3.11. The molecule has 2 bridgehead atoms. The van der Waals surface area contributed by atoms with Crippen LogP contribution in [0.3, 0.4) is 0 Å². The topological polar surface area (TPSA) is 50.7 Å². The SMILES string of the molecule is C[C@@]12CCC(C1)[C@@H](N=C1NC(=O)C([C@H]3CCOC3)S1)C2. The summed E-state index contributed by atoms with van der Waals surface area (Å²) in [6.07, 6.45) is 6.21. The zero-order chi connectivity index (χ0) is 13.7. The highest BCUT2D eigenvalue weighted by Gasteiger charge is 2.48. The molecule has 2 unspecified atom stereocenters. The van der Waals surface area contributed by atoms with Crippen molar-refractivity contribution in [3.63, 3.8) is 0 Å². The molecule has 2 aliphatic carbocycles. The molecule has 0 aromatic heterocycles. The van der Waals surface area contributed by atoms with Gasteiger partial charge < -0.3 is 10.1 Å². The van der Waals surface area contributed by atoms with Gasteiger partial charge >= 0.3 is 0 Å². The Bertz CT molecular complexity index is 461. The van der Waals surface area contributed by atoms with Crippen LogP contribution in [0, 0.1) is 17.3 Å². The van der Waals surface area contributed by atoms with Crippen LogP contribution in [0.5, 0.6) is 0 Å². The summed E-state index contributed by atoms with van der Waals surface area (Å²) in [5.41, 5.74) is 0.519. The number of carbonyl (C=O) groups excluding carboxylic acids is 1. The molecule has 2 saturated heterocycles. The number of thioether (sulfide) groups is 1. The van der Waals surface area contributed by atoms with E-state index in [1.807, 2.05) is 0 Å². The second-order valence-corrected chi connectivity index (χ2v) is 8.30. The Labute approximate surface area is 124 Å². The van der Waals surface area contributed by atoms with Crippen molar-refractivity contribution in [1.82, 2.24) is 5.32 Å². The van der Waals surface area contributed by atoms with Crippen molar-refractivity contribution < 1.29 is 9.53 Å². The maximum atomic E-state index is 12.1. The van der Waals surface area contributed by atoms with Crippen LogP contribution in [0.2, 0.25) is 0 Å². The monoisotopic (exact) mass is 294 g/mol. The number of hydrogen-bond acceptors (Lipinski definition) is 4. The number of carbonyl (C=O) groups is 1. The molecule has 0 aromatic carbocycles. The fraction of sp³-hybridized carbons (Fsp3) is 0.867. The number of nitrogens with one attached hydrogen (secondary N) is 1. The van der Waals surface area contributed by atoms with E-state index in [0.29, 0.717) is 17.4 Å². The van der Waals surface area contributed by atoms with Crippen molar-refractivity contribution in [1.29, 1.82) is 0 Å². The maximum Gasteiger partial charge on any atom is 0.239 e. The molecule has 0 aromatic rings. The Hall–Kier alpha value is -0.550. The van der Waals surface area contributed by atoms with E-state index in [1.54, 1.807) is 11.8 Å². The lowest BCUT2D eigenvalue weighted by Crippen LogP contribution is -2.30. The smallest absolute Gasteiger partial charge is 0.239 e. The summed E-state index contributed by atoms with van der Waals surface area (Å²) in [6, 6.07) is 0.440. The van der Waals surface area contributed by atoms with Gasteiger partial charge in [0.1, 0.15) is 0 Å². The lowest BCUT2D eigenvalue weighted by Gasteiger charge is -2.24. The summed E-state index contributed by atoms with van der Waals surface area (Å²) in [7, 11) is 0. The van der Waals surface area contributed by atoms with Gasteiger partial charge in [-0.25, -0.2) is 0 Å². The van der Waals surface area contributed by atoms with Crippen molar-refractivity contribution in [2.45, 2.75) is 50.3 Å². The first-order valence-electron chi connectivity index (χ1n) is 7.76. The molecule has 4 nitrogen and oxygen atoms in total. The molecule has 4 fully saturated rings. The highest BCUT2D eigenvalue weighted by molar-refractivity contribution is 8.15. The Morgan fingerprint density at radius 1 is 1.35 bits per heavy atom. The molecule has 4 rings (SSSR count). The molecule has 0 radical (unpaired) electrons. The number of ether oxygens (including phenoxy) is 1. The number of nitrogens with zero attached hydrogens (tertiary/aromatic N) is 1. The van der Waals surface area contributed by atoms with Crippen LogP contribution >= 0.6 is 11.8 Å². The van der Waals surface area contributed by atoms with E-state index in [0.717, 1.165) is 30.7 Å². The first kappa shape index (κ1) is 13.1. The highest BCUT2D eigenvalue weighted by atomic mass is 32.2. The number of rotatable bonds is 2. The van der Waals surface area contributed by atoms with Gasteiger partial charge in [-0.15, -0.1) is 0 Å². The number of fused-ring (bicyclic) bond motifs is 2. The molecule has 5 heteroatoms. The summed E-state index contributed by atoms with van der Waals surface area (Å²) in [5.74, 6) is 1.25. The molecule has 1 N–H and O–H groups in total. The Balaban J connectivity index is 1.45. The minimum atomic E-state index is 0.0189. The quantitative estimate of drug-likeness (QED) is 0.849. The van der Waals surface area contributed by atoms with Crippen molar-refractivity contribution >= 4 is 22.8 Å². The third kappa shape index (κ3) is 2.19.